The molecule has 1 rings (SSSR count). The van der Waals surface area contributed by atoms with Gasteiger partial charge in [0, 0.05) is 24.2 Å². The molecule has 0 aliphatic carbocycles. The highest BCUT2D eigenvalue weighted by Crippen LogP contribution is 2.28. The van der Waals surface area contributed by atoms with Gasteiger partial charge >= 0.3 is 0 Å². The van der Waals surface area contributed by atoms with Crippen LogP contribution in [0.15, 0.2) is 24.3 Å². The van der Waals surface area contributed by atoms with E-state index in [0.29, 0.717) is 17.5 Å². The van der Waals surface area contributed by atoms with E-state index in [1.807, 2.05) is 19.1 Å². The highest BCUT2D eigenvalue weighted by Gasteiger charge is 2.28. The third kappa shape index (κ3) is 4.29. The summed E-state index contributed by atoms with van der Waals surface area (Å²) in [7, 11) is 0. The zero-order valence-electron chi connectivity index (χ0n) is 12.7. The Labute approximate surface area is 116 Å². The van der Waals surface area contributed by atoms with Gasteiger partial charge in [0.1, 0.15) is 5.82 Å². The van der Waals surface area contributed by atoms with E-state index >= 15 is 0 Å². The van der Waals surface area contributed by atoms with E-state index in [9.17, 15) is 4.39 Å². The molecule has 0 heterocycles. The maximum Gasteiger partial charge on any atom is 0.128 e. The second kappa shape index (κ2) is 7.01. The number of halogens is 1. The Morgan fingerprint density at radius 3 is 2.11 bits per heavy atom. The van der Waals surface area contributed by atoms with E-state index in [1.54, 1.807) is 6.07 Å². The topological polar surface area (TPSA) is 29.3 Å². The second-order valence-corrected chi connectivity index (χ2v) is 6.01. The van der Waals surface area contributed by atoms with Crippen LogP contribution in [0.3, 0.4) is 0 Å². The number of benzene rings is 1. The zero-order valence-corrected chi connectivity index (χ0v) is 12.7. The summed E-state index contributed by atoms with van der Waals surface area (Å²) >= 11 is 0. The summed E-state index contributed by atoms with van der Waals surface area (Å²) in [6.07, 6.45) is 0. The van der Waals surface area contributed by atoms with Crippen LogP contribution in [0.5, 0.6) is 0 Å². The van der Waals surface area contributed by atoms with E-state index < -0.39 is 0 Å². The van der Waals surface area contributed by atoms with Crippen LogP contribution in [0.25, 0.3) is 0 Å². The molecular weight excluding hydrogens is 239 g/mol. The van der Waals surface area contributed by atoms with Crippen molar-refractivity contribution in [2.24, 2.45) is 11.7 Å². The molecule has 0 aliphatic heterocycles. The Bertz CT molecular complexity index is 388. The summed E-state index contributed by atoms with van der Waals surface area (Å²) < 4.78 is 14.1. The average Bonchev–Trinajstić information content (AvgIpc) is 2.29. The summed E-state index contributed by atoms with van der Waals surface area (Å²) in [5.41, 5.74) is 6.84. The van der Waals surface area contributed by atoms with Crippen molar-refractivity contribution in [1.29, 1.82) is 0 Å². The van der Waals surface area contributed by atoms with Crippen LogP contribution in [0.1, 0.15) is 46.2 Å². The van der Waals surface area contributed by atoms with Crippen molar-refractivity contribution in [3.05, 3.63) is 35.6 Å². The van der Waals surface area contributed by atoms with Gasteiger partial charge in [0.05, 0.1) is 6.04 Å². The molecule has 2 atom stereocenters. The fraction of sp³-hybridized carbons (Fsp3) is 0.625. The van der Waals surface area contributed by atoms with Crippen LogP contribution in [0, 0.1) is 11.7 Å². The summed E-state index contributed by atoms with van der Waals surface area (Å²) in [4.78, 5) is 2.30. The van der Waals surface area contributed by atoms with Gasteiger partial charge in [0.15, 0.2) is 0 Å². The lowest BCUT2D eigenvalue weighted by atomic mass is 9.96. The van der Waals surface area contributed by atoms with Crippen LogP contribution in [-0.2, 0) is 0 Å². The van der Waals surface area contributed by atoms with Gasteiger partial charge in [0.2, 0.25) is 0 Å². The molecule has 19 heavy (non-hydrogen) atoms. The SMILES string of the molecule is CC(C)CN(C(C)C)C(c1ccccc1F)C(C)N. The van der Waals surface area contributed by atoms with Gasteiger partial charge in [-0.2, -0.15) is 0 Å². The molecule has 1 aromatic rings. The molecule has 108 valence electrons. The Balaban J connectivity index is 3.14. The van der Waals surface area contributed by atoms with Crippen molar-refractivity contribution in [2.75, 3.05) is 6.54 Å². The van der Waals surface area contributed by atoms with Gasteiger partial charge in [0.25, 0.3) is 0 Å². The normalized spacial score (nSPS) is 15.3. The first kappa shape index (κ1) is 16.1. The van der Waals surface area contributed by atoms with Gasteiger partial charge < -0.3 is 5.73 Å². The van der Waals surface area contributed by atoms with Crippen LogP contribution in [-0.4, -0.2) is 23.5 Å². The Hall–Kier alpha value is -0.930. The van der Waals surface area contributed by atoms with Gasteiger partial charge in [-0.05, 0) is 32.8 Å². The standard InChI is InChI=1S/C16H27FN2/c1-11(2)10-19(12(3)4)16(13(5)18)14-8-6-7-9-15(14)17/h6-9,11-13,16H,10,18H2,1-5H3. The van der Waals surface area contributed by atoms with Crippen molar-refractivity contribution >= 4 is 0 Å². The molecule has 0 fully saturated rings. The molecule has 0 aromatic heterocycles. The molecule has 2 N–H and O–H groups in total. The molecule has 0 radical (unpaired) electrons. The number of rotatable bonds is 6. The van der Waals surface area contributed by atoms with Crippen molar-refractivity contribution in [2.45, 2.75) is 52.7 Å². The van der Waals surface area contributed by atoms with Gasteiger partial charge in [-0.25, -0.2) is 4.39 Å². The Morgan fingerprint density at radius 1 is 1.11 bits per heavy atom. The monoisotopic (exact) mass is 266 g/mol. The van der Waals surface area contributed by atoms with Crippen molar-refractivity contribution in [1.82, 2.24) is 4.90 Å². The maximum atomic E-state index is 14.1. The summed E-state index contributed by atoms with van der Waals surface area (Å²) in [6, 6.07) is 7.10. The number of nitrogens with two attached hydrogens (primary N) is 1. The third-order valence-corrected chi connectivity index (χ3v) is 3.32. The molecule has 0 saturated carbocycles. The van der Waals surface area contributed by atoms with Crippen LogP contribution >= 0.6 is 0 Å². The Morgan fingerprint density at radius 2 is 1.68 bits per heavy atom. The lowest BCUT2D eigenvalue weighted by molar-refractivity contribution is 0.117. The van der Waals surface area contributed by atoms with Crippen LogP contribution in [0.4, 0.5) is 4.39 Å². The maximum absolute atomic E-state index is 14.1. The van der Waals surface area contributed by atoms with Crippen molar-refractivity contribution < 1.29 is 4.39 Å². The number of hydrogen-bond donors (Lipinski definition) is 1. The molecule has 0 saturated heterocycles. The molecule has 0 bridgehead atoms. The van der Waals surface area contributed by atoms with E-state index in [2.05, 4.69) is 32.6 Å². The minimum atomic E-state index is -0.167. The minimum absolute atomic E-state index is 0.0800. The van der Waals surface area contributed by atoms with Crippen molar-refractivity contribution in [3.63, 3.8) is 0 Å². The number of hydrogen-bond acceptors (Lipinski definition) is 2. The number of nitrogens with zero attached hydrogens (tertiary/aromatic N) is 1. The minimum Gasteiger partial charge on any atom is -0.326 e. The molecule has 1 aromatic carbocycles. The fourth-order valence-electron chi connectivity index (χ4n) is 2.55. The second-order valence-electron chi connectivity index (χ2n) is 6.01. The van der Waals surface area contributed by atoms with Gasteiger partial charge in [-0.1, -0.05) is 32.0 Å². The summed E-state index contributed by atoms with van der Waals surface area (Å²) in [5.74, 6) is 0.356. The molecule has 2 nitrogen and oxygen atoms in total. The highest BCUT2D eigenvalue weighted by molar-refractivity contribution is 5.23. The predicted octanol–water partition coefficient (Wildman–Crippen LogP) is 3.58. The van der Waals surface area contributed by atoms with Crippen molar-refractivity contribution in [3.8, 4) is 0 Å². The first-order chi connectivity index (χ1) is 8.84. The molecular formula is C16H27FN2. The fourth-order valence-corrected chi connectivity index (χ4v) is 2.55. The van der Waals surface area contributed by atoms with Crippen LogP contribution < -0.4 is 5.73 Å². The van der Waals surface area contributed by atoms with E-state index in [0.717, 1.165) is 6.54 Å². The summed E-state index contributed by atoms with van der Waals surface area (Å²) in [5, 5.41) is 0. The predicted molar refractivity (Wildman–Crippen MR) is 79.5 cm³/mol. The lowest BCUT2D eigenvalue weighted by Crippen LogP contribution is -2.45. The smallest absolute Gasteiger partial charge is 0.128 e. The lowest BCUT2D eigenvalue weighted by Gasteiger charge is -2.38. The van der Waals surface area contributed by atoms with Crippen LogP contribution in [0.2, 0.25) is 0 Å². The van der Waals surface area contributed by atoms with Gasteiger partial charge in [-0.3, -0.25) is 4.90 Å². The molecule has 3 heteroatoms. The quantitative estimate of drug-likeness (QED) is 0.852. The third-order valence-electron chi connectivity index (χ3n) is 3.32. The molecule has 0 spiro atoms. The van der Waals surface area contributed by atoms with E-state index in [4.69, 9.17) is 5.73 Å². The summed E-state index contributed by atoms with van der Waals surface area (Å²) in [6.45, 7) is 11.5. The van der Waals surface area contributed by atoms with E-state index in [1.165, 1.54) is 6.07 Å². The van der Waals surface area contributed by atoms with Gasteiger partial charge in [-0.15, -0.1) is 0 Å². The highest BCUT2D eigenvalue weighted by atomic mass is 19.1. The first-order valence-corrected chi connectivity index (χ1v) is 7.10. The average molecular weight is 266 g/mol. The largest absolute Gasteiger partial charge is 0.326 e. The molecule has 2 unspecified atom stereocenters. The Kier molecular flexibility index (Phi) is 5.95. The molecule has 0 amide bonds. The van der Waals surface area contributed by atoms with E-state index in [-0.39, 0.29) is 17.9 Å². The molecule has 0 aliphatic rings. The first-order valence-electron chi connectivity index (χ1n) is 7.10. The zero-order chi connectivity index (χ0) is 14.6.